The first-order valence-corrected chi connectivity index (χ1v) is 4.57. The summed E-state index contributed by atoms with van der Waals surface area (Å²) in [6, 6.07) is 0. The maximum Gasteiger partial charge on any atom is 0.334 e. The summed E-state index contributed by atoms with van der Waals surface area (Å²) in [5.41, 5.74) is 1.10. The van der Waals surface area contributed by atoms with E-state index in [0.29, 0.717) is 6.61 Å². The first-order valence-electron chi connectivity index (χ1n) is 4.57. The predicted molar refractivity (Wildman–Crippen MR) is 53.8 cm³/mol. The van der Waals surface area contributed by atoms with E-state index < -0.39 is 5.97 Å². The molecule has 3 nitrogen and oxygen atoms in total. The maximum atomic E-state index is 11.0. The summed E-state index contributed by atoms with van der Waals surface area (Å²) < 4.78 is 4.91. The molecule has 0 aromatic heterocycles. The highest BCUT2D eigenvalue weighted by molar-refractivity contribution is 5.82. The van der Waals surface area contributed by atoms with Gasteiger partial charge in [-0.05, 0) is 25.3 Å². The van der Waals surface area contributed by atoms with Gasteiger partial charge in [-0.2, -0.15) is 0 Å². The first-order chi connectivity index (χ1) is 6.68. The minimum Gasteiger partial charge on any atom is -0.512 e. The van der Waals surface area contributed by atoms with Crippen LogP contribution in [0.2, 0.25) is 0 Å². The van der Waals surface area contributed by atoms with Gasteiger partial charge >= 0.3 is 5.97 Å². The Balaban J connectivity index is 2.33. The molecule has 0 amide bonds. The summed E-state index contributed by atoms with van der Waals surface area (Å²) in [6.07, 6.45) is 8.98. The highest BCUT2D eigenvalue weighted by Gasteiger charge is 2.03. The quantitative estimate of drug-likeness (QED) is 0.426. The van der Waals surface area contributed by atoms with Crippen molar-refractivity contribution in [2.24, 2.45) is 0 Å². The third kappa shape index (κ3) is 3.94. The number of aliphatic hydroxyl groups is 1. The molecule has 0 unspecified atom stereocenters. The molecule has 0 spiro atoms. The average molecular weight is 194 g/mol. The third-order valence-corrected chi connectivity index (χ3v) is 1.83. The number of allylic oxidation sites excluding steroid dienone is 4. The fourth-order valence-corrected chi connectivity index (χ4v) is 1.15. The highest BCUT2D eigenvalue weighted by atomic mass is 16.5. The Morgan fingerprint density at radius 3 is 3.07 bits per heavy atom. The standard InChI is InChI=1S/C11H14O3/c1-9(12)7-11(13)14-8-10-5-3-2-4-6-10/h2-3,5,7,12H,4,6,8H2,1H3/b9-7-. The molecule has 14 heavy (non-hydrogen) atoms. The van der Waals surface area contributed by atoms with Gasteiger partial charge in [0.25, 0.3) is 0 Å². The van der Waals surface area contributed by atoms with Gasteiger partial charge in [-0.1, -0.05) is 18.2 Å². The van der Waals surface area contributed by atoms with E-state index >= 15 is 0 Å². The summed E-state index contributed by atoms with van der Waals surface area (Å²) in [5, 5.41) is 8.79. The van der Waals surface area contributed by atoms with Gasteiger partial charge in [0.05, 0.1) is 11.8 Å². The molecule has 1 N–H and O–H groups in total. The lowest BCUT2D eigenvalue weighted by atomic mass is 10.1. The van der Waals surface area contributed by atoms with Crippen LogP contribution < -0.4 is 0 Å². The summed E-state index contributed by atoms with van der Waals surface area (Å²) >= 11 is 0. The molecule has 1 aliphatic carbocycles. The van der Waals surface area contributed by atoms with Crippen molar-refractivity contribution in [1.82, 2.24) is 0 Å². The van der Waals surface area contributed by atoms with Crippen LogP contribution >= 0.6 is 0 Å². The largest absolute Gasteiger partial charge is 0.512 e. The van der Waals surface area contributed by atoms with Crippen molar-refractivity contribution in [2.75, 3.05) is 6.61 Å². The Morgan fingerprint density at radius 1 is 1.71 bits per heavy atom. The van der Waals surface area contributed by atoms with Crippen LogP contribution in [0.5, 0.6) is 0 Å². The minimum absolute atomic E-state index is 0.0347. The second-order valence-corrected chi connectivity index (χ2v) is 3.19. The fourth-order valence-electron chi connectivity index (χ4n) is 1.15. The van der Waals surface area contributed by atoms with E-state index in [4.69, 9.17) is 9.84 Å². The monoisotopic (exact) mass is 194 g/mol. The number of carbonyl (C=O) groups is 1. The fraction of sp³-hybridized carbons (Fsp3) is 0.364. The Kier molecular flexibility index (Phi) is 3.98. The van der Waals surface area contributed by atoms with Crippen LogP contribution in [0, 0.1) is 0 Å². The van der Waals surface area contributed by atoms with Crippen molar-refractivity contribution in [3.05, 3.63) is 35.6 Å². The average Bonchev–Trinajstić information content (AvgIpc) is 2.15. The zero-order valence-electron chi connectivity index (χ0n) is 8.19. The van der Waals surface area contributed by atoms with E-state index in [1.165, 1.54) is 6.92 Å². The number of hydrogen-bond acceptors (Lipinski definition) is 3. The molecule has 0 radical (unpaired) electrons. The van der Waals surface area contributed by atoms with Crippen molar-refractivity contribution in [3.8, 4) is 0 Å². The molecule has 0 fully saturated rings. The zero-order chi connectivity index (χ0) is 10.4. The second-order valence-electron chi connectivity index (χ2n) is 3.19. The van der Waals surface area contributed by atoms with Gasteiger partial charge in [0.15, 0.2) is 0 Å². The number of rotatable bonds is 3. The normalized spacial score (nSPS) is 16.4. The maximum absolute atomic E-state index is 11.0. The van der Waals surface area contributed by atoms with Gasteiger partial charge in [0.1, 0.15) is 6.61 Å². The Morgan fingerprint density at radius 2 is 2.50 bits per heavy atom. The van der Waals surface area contributed by atoms with E-state index in [9.17, 15) is 4.79 Å². The molecule has 0 bridgehead atoms. The van der Waals surface area contributed by atoms with Crippen molar-refractivity contribution in [3.63, 3.8) is 0 Å². The Hall–Kier alpha value is -1.51. The summed E-state index contributed by atoms with van der Waals surface area (Å²) in [6.45, 7) is 1.75. The van der Waals surface area contributed by atoms with E-state index in [1.54, 1.807) is 0 Å². The van der Waals surface area contributed by atoms with Crippen LogP contribution in [-0.2, 0) is 9.53 Å². The minimum atomic E-state index is -0.500. The second kappa shape index (κ2) is 5.27. The molecular weight excluding hydrogens is 180 g/mol. The van der Waals surface area contributed by atoms with Crippen molar-refractivity contribution in [2.45, 2.75) is 19.8 Å². The van der Waals surface area contributed by atoms with Crippen LogP contribution in [0.25, 0.3) is 0 Å². The third-order valence-electron chi connectivity index (χ3n) is 1.83. The van der Waals surface area contributed by atoms with Gasteiger partial charge in [-0.3, -0.25) is 0 Å². The smallest absolute Gasteiger partial charge is 0.334 e. The molecule has 0 aromatic carbocycles. The SMILES string of the molecule is C/C(O)=C/C(=O)OCC1=CC=CCC1. The highest BCUT2D eigenvalue weighted by Crippen LogP contribution is 2.11. The lowest BCUT2D eigenvalue weighted by Gasteiger charge is -2.08. The van der Waals surface area contributed by atoms with Crippen molar-refractivity contribution in [1.29, 1.82) is 0 Å². The first kappa shape index (κ1) is 10.6. The van der Waals surface area contributed by atoms with E-state index in [0.717, 1.165) is 24.5 Å². The van der Waals surface area contributed by atoms with Crippen LogP contribution in [-0.4, -0.2) is 17.7 Å². The number of ether oxygens (including phenoxy) is 1. The summed E-state index contributed by atoms with van der Waals surface area (Å²) in [5.74, 6) is -0.534. The van der Waals surface area contributed by atoms with Crippen molar-refractivity contribution < 1.29 is 14.6 Å². The molecule has 3 heteroatoms. The van der Waals surface area contributed by atoms with Gasteiger partial charge in [0, 0.05) is 0 Å². The summed E-state index contributed by atoms with van der Waals surface area (Å²) in [4.78, 5) is 11.0. The predicted octanol–water partition coefficient (Wildman–Crippen LogP) is 2.27. The van der Waals surface area contributed by atoms with Gasteiger partial charge < -0.3 is 9.84 Å². The number of hydrogen-bond donors (Lipinski definition) is 1. The molecule has 0 saturated carbocycles. The van der Waals surface area contributed by atoms with Crippen LogP contribution in [0.3, 0.4) is 0 Å². The van der Waals surface area contributed by atoms with Crippen LogP contribution in [0.1, 0.15) is 19.8 Å². The Bertz CT molecular complexity index is 294. The van der Waals surface area contributed by atoms with Gasteiger partial charge in [-0.15, -0.1) is 0 Å². The molecule has 1 rings (SSSR count). The molecule has 0 saturated heterocycles. The van der Waals surface area contributed by atoms with Gasteiger partial charge in [-0.25, -0.2) is 4.79 Å². The molecule has 0 aromatic rings. The van der Waals surface area contributed by atoms with Crippen LogP contribution in [0.4, 0.5) is 0 Å². The van der Waals surface area contributed by atoms with Crippen molar-refractivity contribution >= 4 is 5.97 Å². The van der Waals surface area contributed by atoms with Crippen LogP contribution in [0.15, 0.2) is 35.6 Å². The number of aliphatic hydroxyl groups excluding tert-OH is 1. The van der Waals surface area contributed by atoms with E-state index in [2.05, 4.69) is 6.08 Å². The zero-order valence-corrected chi connectivity index (χ0v) is 8.19. The molecule has 76 valence electrons. The summed E-state index contributed by atoms with van der Waals surface area (Å²) in [7, 11) is 0. The number of esters is 1. The lowest BCUT2D eigenvalue weighted by molar-refractivity contribution is -0.137. The number of carbonyl (C=O) groups excluding carboxylic acids is 1. The lowest BCUT2D eigenvalue weighted by Crippen LogP contribution is -2.06. The topological polar surface area (TPSA) is 46.5 Å². The van der Waals surface area contributed by atoms with Gasteiger partial charge in [0.2, 0.25) is 0 Å². The molecule has 0 atom stereocenters. The van der Waals surface area contributed by atoms with E-state index in [-0.39, 0.29) is 5.76 Å². The molecule has 0 heterocycles. The Labute approximate surface area is 83.4 Å². The van der Waals surface area contributed by atoms with E-state index in [1.807, 2.05) is 12.2 Å². The molecule has 1 aliphatic rings. The molecular formula is C11H14O3. The molecule has 0 aliphatic heterocycles.